The molecule has 1 aliphatic heterocycles. The van der Waals surface area contributed by atoms with Gasteiger partial charge in [0.15, 0.2) is 11.5 Å². The number of amides is 1. The number of pyridine rings is 1. The van der Waals surface area contributed by atoms with Crippen LogP contribution < -0.4 is 0 Å². The number of carbonyl (C=O) groups excluding carboxylic acids is 2. The van der Waals surface area contributed by atoms with E-state index in [1.807, 2.05) is 0 Å². The molecule has 0 aromatic carbocycles. The summed E-state index contributed by atoms with van der Waals surface area (Å²) in [4.78, 5) is 30.5. The second kappa shape index (κ2) is 6.93. The number of hydrogen-bond acceptors (Lipinski definition) is 5. The zero-order valence-electron chi connectivity index (χ0n) is 12.3. The molecule has 120 valence electrons. The number of aromatic nitrogens is 1. The fraction of sp³-hybridized carbons (Fsp3) is 0.312. The summed E-state index contributed by atoms with van der Waals surface area (Å²) in [6.07, 6.45) is 4.53. The van der Waals surface area contributed by atoms with Crippen molar-refractivity contribution in [2.45, 2.75) is 12.5 Å². The number of ether oxygens (including phenoxy) is 1. The van der Waals surface area contributed by atoms with Crippen molar-refractivity contribution in [1.82, 2.24) is 9.88 Å². The van der Waals surface area contributed by atoms with Gasteiger partial charge in [-0.2, -0.15) is 0 Å². The summed E-state index contributed by atoms with van der Waals surface area (Å²) >= 11 is 6.05. The summed E-state index contributed by atoms with van der Waals surface area (Å²) < 4.78 is 10.5. The van der Waals surface area contributed by atoms with E-state index in [1.54, 1.807) is 23.1 Å². The van der Waals surface area contributed by atoms with Crippen LogP contribution in [-0.4, -0.2) is 47.4 Å². The Labute approximate surface area is 138 Å². The Morgan fingerprint density at radius 2 is 2.26 bits per heavy atom. The molecule has 0 radical (unpaired) electrons. The first-order chi connectivity index (χ1) is 11.2. The molecule has 0 bridgehead atoms. The summed E-state index contributed by atoms with van der Waals surface area (Å²) in [5.41, 5.74) is 0.374. The lowest BCUT2D eigenvalue weighted by molar-refractivity contribution is -0.00302. The highest BCUT2D eigenvalue weighted by molar-refractivity contribution is 6.33. The summed E-state index contributed by atoms with van der Waals surface area (Å²) in [5.74, 6) is -0.105. The number of carbonyl (C=O) groups is 2. The van der Waals surface area contributed by atoms with E-state index in [4.69, 9.17) is 20.8 Å². The van der Waals surface area contributed by atoms with Gasteiger partial charge in [0.1, 0.15) is 0 Å². The third-order valence-corrected chi connectivity index (χ3v) is 4.01. The molecule has 0 spiro atoms. The SMILES string of the molecule is O=C(C[C@H]1COCCN1C(=O)c1ccncc1Cl)c1ccco1. The lowest BCUT2D eigenvalue weighted by Crippen LogP contribution is -2.49. The molecule has 23 heavy (non-hydrogen) atoms. The van der Waals surface area contributed by atoms with Gasteiger partial charge in [-0.3, -0.25) is 14.6 Å². The first-order valence-electron chi connectivity index (χ1n) is 7.21. The van der Waals surface area contributed by atoms with Crippen molar-refractivity contribution in [2.24, 2.45) is 0 Å². The molecule has 3 heterocycles. The molecular weight excluding hydrogens is 320 g/mol. The predicted molar refractivity (Wildman–Crippen MR) is 82.5 cm³/mol. The Morgan fingerprint density at radius 3 is 3.00 bits per heavy atom. The van der Waals surface area contributed by atoms with Gasteiger partial charge in [0, 0.05) is 25.4 Å². The summed E-state index contributed by atoms with van der Waals surface area (Å²) in [7, 11) is 0. The van der Waals surface area contributed by atoms with Crippen LogP contribution in [0.1, 0.15) is 27.3 Å². The van der Waals surface area contributed by atoms with E-state index >= 15 is 0 Å². The molecule has 1 saturated heterocycles. The third kappa shape index (κ3) is 3.43. The number of nitrogens with zero attached hydrogens (tertiary/aromatic N) is 2. The maximum Gasteiger partial charge on any atom is 0.255 e. The summed E-state index contributed by atoms with van der Waals surface area (Å²) in [5, 5.41) is 0.292. The molecule has 7 heteroatoms. The highest BCUT2D eigenvalue weighted by Crippen LogP contribution is 2.21. The van der Waals surface area contributed by atoms with Crippen LogP contribution in [0.2, 0.25) is 5.02 Å². The number of halogens is 1. The molecule has 0 N–H and O–H groups in total. The van der Waals surface area contributed by atoms with E-state index in [-0.39, 0.29) is 29.9 Å². The molecule has 1 aliphatic rings. The Bertz CT molecular complexity index is 702. The van der Waals surface area contributed by atoms with Crippen LogP contribution >= 0.6 is 11.6 Å². The van der Waals surface area contributed by atoms with Gasteiger partial charge in [-0.1, -0.05) is 11.6 Å². The van der Waals surface area contributed by atoms with Gasteiger partial charge in [-0.15, -0.1) is 0 Å². The van der Waals surface area contributed by atoms with Gasteiger partial charge >= 0.3 is 0 Å². The topological polar surface area (TPSA) is 72.6 Å². The molecule has 0 aliphatic carbocycles. The van der Waals surface area contributed by atoms with Crippen molar-refractivity contribution in [3.63, 3.8) is 0 Å². The van der Waals surface area contributed by atoms with Crippen LogP contribution in [0.4, 0.5) is 0 Å². The van der Waals surface area contributed by atoms with Gasteiger partial charge in [-0.05, 0) is 18.2 Å². The number of furan rings is 1. The van der Waals surface area contributed by atoms with Gasteiger partial charge < -0.3 is 14.1 Å². The molecule has 1 atom stereocenters. The van der Waals surface area contributed by atoms with Gasteiger partial charge in [0.25, 0.3) is 5.91 Å². The smallest absolute Gasteiger partial charge is 0.255 e. The summed E-state index contributed by atoms with van der Waals surface area (Å²) in [6, 6.07) is 4.49. The van der Waals surface area contributed by atoms with E-state index in [0.717, 1.165) is 0 Å². The Balaban J connectivity index is 1.77. The van der Waals surface area contributed by atoms with Crippen LogP contribution in [0.3, 0.4) is 0 Å². The molecule has 0 unspecified atom stereocenters. The Morgan fingerprint density at radius 1 is 1.39 bits per heavy atom. The maximum absolute atomic E-state index is 12.7. The zero-order valence-corrected chi connectivity index (χ0v) is 13.0. The van der Waals surface area contributed by atoms with E-state index in [9.17, 15) is 9.59 Å². The van der Waals surface area contributed by atoms with E-state index in [1.165, 1.54) is 18.7 Å². The highest BCUT2D eigenvalue weighted by Gasteiger charge is 2.31. The number of rotatable bonds is 4. The average molecular weight is 335 g/mol. The number of Topliss-reactive ketones (excluding diaryl/α,β-unsaturated/α-hetero) is 1. The number of hydrogen-bond donors (Lipinski definition) is 0. The minimum absolute atomic E-state index is 0.141. The third-order valence-electron chi connectivity index (χ3n) is 3.71. The first kappa shape index (κ1) is 15.7. The van der Waals surface area contributed by atoms with Gasteiger partial charge in [-0.25, -0.2) is 0 Å². The molecule has 3 rings (SSSR count). The van der Waals surface area contributed by atoms with Crippen LogP contribution in [0.25, 0.3) is 0 Å². The quantitative estimate of drug-likeness (QED) is 0.803. The van der Waals surface area contributed by atoms with Crippen molar-refractivity contribution in [2.75, 3.05) is 19.8 Å². The Kier molecular flexibility index (Phi) is 4.73. The van der Waals surface area contributed by atoms with Crippen LogP contribution in [-0.2, 0) is 4.74 Å². The van der Waals surface area contributed by atoms with Crippen molar-refractivity contribution in [1.29, 1.82) is 0 Å². The van der Waals surface area contributed by atoms with Crippen molar-refractivity contribution < 1.29 is 18.7 Å². The molecule has 2 aromatic heterocycles. The fourth-order valence-electron chi connectivity index (χ4n) is 2.55. The largest absolute Gasteiger partial charge is 0.461 e. The summed E-state index contributed by atoms with van der Waals surface area (Å²) in [6.45, 7) is 1.15. The van der Waals surface area contributed by atoms with Crippen LogP contribution in [0.15, 0.2) is 41.3 Å². The monoisotopic (exact) mass is 334 g/mol. The van der Waals surface area contributed by atoms with Gasteiger partial charge in [0.05, 0.1) is 36.1 Å². The first-order valence-corrected chi connectivity index (χ1v) is 7.59. The molecule has 1 amide bonds. The highest BCUT2D eigenvalue weighted by atomic mass is 35.5. The van der Waals surface area contributed by atoms with Crippen LogP contribution in [0, 0.1) is 0 Å². The lowest BCUT2D eigenvalue weighted by Gasteiger charge is -2.35. The predicted octanol–water partition coefficient (Wildman–Crippen LogP) is 2.44. The standard InChI is InChI=1S/C16H15ClN2O4/c17-13-9-18-4-3-12(13)16(21)19-5-7-22-10-11(19)8-14(20)15-2-1-6-23-15/h1-4,6,9,11H,5,7-8,10H2/t11-/m0/s1. The van der Waals surface area contributed by atoms with Gasteiger partial charge in [0.2, 0.25) is 0 Å². The van der Waals surface area contributed by atoms with Crippen molar-refractivity contribution >= 4 is 23.3 Å². The van der Waals surface area contributed by atoms with E-state index in [2.05, 4.69) is 4.98 Å². The molecule has 2 aromatic rings. The van der Waals surface area contributed by atoms with Crippen LogP contribution in [0.5, 0.6) is 0 Å². The van der Waals surface area contributed by atoms with E-state index < -0.39 is 0 Å². The molecule has 0 saturated carbocycles. The minimum atomic E-state index is -0.349. The minimum Gasteiger partial charge on any atom is -0.461 e. The maximum atomic E-state index is 12.7. The number of ketones is 1. The average Bonchev–Trinajstić information content (AvgIpc) is 3.10. The zero-order chi connectivity index (χ0) is 16.2. The van der Waals surface area contributed by atoms with Crippen molar-refractivity contribution in [3.8, 4) is 0 Å². The normalized spacial score (nSPS) is 18.0. The van der Waals surface area contributed by atoms with Crippen molar-refractivity contribution in [3.05, 3.63) is 53.2 Å². The second-order valence-electron chi connectivity index (χ2n) is 5.19. The molecular formula is C16H15ClN2O4. The molecule has 1 fully saturated rings. The lowest BCUT2D eigenvalue weighted by atomic mass is 10.1. The molecule has 6 nitrogen and oxygen atoms in total. The second-order valence-corrected chi connectivity index (χ2v) is 5.59. The van der Waals surface area contributed by atoms with E-state index in [0.29, 0.717) is 30.3 Å². The fourth-order valence-corrected chi connectivity index (χ4v) is 2.75. The number of morpholine rings is 1. The Hall–Kier alpha value is -2.18.